The molecule has 4 nitrogen and oxygen atoms in total. The molecule has 1 aromatic carbocycles. The van der Waals surface area contributed by atoms with E-state index in [0.29, 0.717) is 5.52 Å². The summed E-state index contributed by atoms with van der Waals surface area (Å²) >= 11 is 1.65. The number of phenolic OH excluding ortho intramolecular Hbond substituents is 1. The fourth-order valence-electron chi connectivity index (χ4n) is 2.77. The molecule has 4 rings (SSSR count). The number of benzene rings is 1. The average molecular weight is 334 g/mol. The summed E-state index contributed by atoms with van der Waals surface area (Å²) in [6.45, 7) is 0. The number of nitrogens with zero attached hydrogens (tertiary/aromatic N) is 1. The molecule has 0 unspecified atom stereocenters. The molecule has 5 heteroatoms. The predicted molar refractivity (Wildman–Crippen MR) is 96.2 cm³/mol. The monoisotopic (exact) mass is 334 g/mol. The largest absolute Gasteiger partial charge is 0.505 e. The van der Waals surface area contributed by atoms with Crippen LogP contribution in [0.25, 0.3) is 10.9 Å². The van der Waals surface area contributed by atoms with Gasteiger partial charge < -0.3 is 5.11 Å². The van der Waals surface area contributed by atoms with Gasteiger partial charge in [0.1, 0.15) is 11.3 Å². The van der Waals surface area contributed by atoms with E-state index in [1.54, 1.807) is 17.5 Å². The summed E-state index contributed by atoms with van der Waals surface area (Å²) in [5.74, 6) is 1.10. The molecule has 0 aliphatic carbocycles. The Bertz CT molecular complexity index is 955. The van der Waals surface area contributed by atoms with Crippen molar-refractivity contribution in [2.75, 3.05) is 5.32 Å². The number of aromatic hydroxyl groups is 1. The lowest BCUT2D eigenvalue weighted by molar-refractivity contribution is -0.361. The maximum Gasteiger partial charge on any atom is 0.272 e. The number of anilines is 1. The number of rotatable bonds is 4. The molecule has 24 heavy (non-hydrogen) atoms. The highest BCUT2D eigenvalue weighted by atomic mass is 32.1. The quantitative estimate of drug-likeness (QED) is 0.593. The Hall–Kier alpha value is -2.92. The van der Waals surface area contributed by atoms with Crippen LogP contribution >= 0.6 is 11.3 Å². The molecule has 0 aliphatic rings. The van der Waals surface area contributed by atoms with E-state index in [9.17, 15) is 5.11 Å². The van der Waals surface area contributed by atoms with E-state index in [2.05, 4.69) is 21.4 Å². The first-order valence-corrected chi connectivity index (χ1v) is 8.54. The van der Waals surface area contributed by atoms with Gasteiger partial charge in [-0.2, -0.15) is 0 Å². The fraction of sp³-hybridized carbons (Fsp3) is 0.0526. The van der Waals surface area contributed by atoms with Gasteiger partial charge in [0, 0.05) is 23.2 Å². The van der Waals surface area contributed by atoms with E-state index >= 15 is 0 Å². The van der Waals surface area contributed by atoms with Crippen LogP contribution in [0.3, 0.4) is 0 Å². The topological polar surface area (TPSA) is 59.3 Å². The first-order valence-electron chi connectivity index (χ1n) is 7.66. The second-order valence-electron chi connectivity index (χ2n) is 5.45. The van der Waals surface area contributed by atoms with Crippen LogP contribution in [0.4, 0.5) is 5.82 Å². The number of H-pyrrole nitrogens is 1. The molecule has 0 radical (unpaired) electrons. The third kappa shape index (κ3) is 2.70. The van der Waals surface area contributed by atoms with Crippen LogP contribution in [0, 0.1) is 0 Å². The zero-order valence-corrected chi connectivity index (χ0v) is 13.6. The number of hydrogen-bond donors (Lipinski definition) is 2. The van der Waals surface area contributed by atoms with Crippen molar-refractivity contribution in [1.82, 2.24) is 4.98 Å². The Labute approximate surface area is 143 Å². The molecule has 118 valence electrons. The molecule has 0 fully saturated rings. The van der Waals surface area contributed by atoms with Gasteiger partial charge in [0.25, 0.3) is 5.82 Å². The van der Waals surface area contributed by atoms with Crippen LogP contribution < -0.4 is 10.3 Å². The molecule has 4 aromatic rings. The zero-order valence-electron chi connectivity index (χ0n) is 12.8. The van der Waals surface area contributed by atoms with E-state index in [0.717, 1.165) is 21.6 Å². The normalized spacial score (nSPS) is 12.2. The molecule has 3 aromatic heterocycles. The van der Waals surface area contributed by atoms with Gasteiger partial charge in [-0.1, -0.05) is 24.3 Å². The van der Waals surface area contributed by atoms with Crippen molar-refractivity contribution in [1.29, 1.82) is 0 Å². The number of hydrogen-bond acceptors (Lipinski definition) is 4. The summed E-state index contributed by atoms with van der Waals surface area (Å²) in [6.07, 6.45) is 3.57. The molecular formula is C19H16N3OS+. The van der Waals surface area contributed by atoms with Crippen molar-refractivity contribution >= 4 is 28.1 Å². The van der Waals surface area contributed by atoms with Gasteiger partial charge in [-0.25, -0.2) is 4.98 Å². The van der Waals surface area contributed by atoms with Crippen molar-refractivity contribution in [2.24, 2.45) is 0 Å². The van der Waals surface area contributed by atoms with Gasteiger partial charge in [0.15, 0.2) is 6.04 Å². The minimum Gasteiger partial charge on any atom is -0.505 e. The summed E-state index contributed by atoms with van der Waals surface area (Å²) in [6, 6.07) is 17.6. The van der Waals surface area contributed by atoms with Crippen molar-refractivity contribution in [3.63, 3.8) is 0 Å². The molecule has 0 spiro atoms. The van der Waals surface area contributed by atoms with Crippen LogP contribution in [0.5, 0.6) is 5.75 Å². The van der Waals surface area contributed by atoms with E-state index in [-0.39, 0.29) is 11.8 Å². The highest BCUT2D eigenvalue weighted by molar-refractivity contribution is 7.10. The molecule has 3 heterocycles. The summed E-state index contributed by atoms with van der Waals surface area (Å²) in [5.41, 5.74) is 1.43. The average Bonchev–Trinajstić information content (AvgIpc) is 3.16. The zero-order chi connectivity index (χ0) is 16.4. The number of aromatic amines is 1. The van der Waals surface area contributed by atoms with Crippen LogP contribution in [0.15, 0.2) is 72.4 Å². The molecule has 1 atom stereocenters. The Morgan fingerprint density at radius 2 is 2.00 bits per heavy atom. The highest BCUT2D eigenvalue weighted by Gasteiger charge is 2.24. The minimum atomic E-state index is -0.157. The molecule has 0 amide bonds. The molecule has 0 saturated heterocycles. The van der Waals surface area contributed by atoms with Gasteiger partial charge in [0.2, 0.25) is 0 Å². The third-order valence-corrected chi connectivity index (χ3v) is 4.86. The Kier molecular flexibility index (Phi) is 3.84. The smallest absolute Gasteiger partial charge is 0.272 e. The lowest BCUT2D eigenvalue weighted by atomic mass is 10.0. The van der Waals surface area contributed by atoms with Crippen LogP contribution in [-0.2, 0) is 0 Å². The van der Waals surface area contributed by atoms with E-state index in [1.165, 1.54) is 0 Å². The minimum absolute atomic E-state index is 0.157. The molecule has 0 aliphatic heterocycles. The summed E-state index contributed by atoms with van der Waals surface area (Å²) < 4.78 is 0. The SMILES string of the molecule is Oc1c([C@@H](Nc2cccc[nH+]2)c2cccs2)ccc2cccnc12. The van der Waals surface area contributed by atoms with Crippen LogP contribution in [0.1, 0.15) is 16.5 Å². The lowest BCUT2D eigenvalue weighted by Crippen LogP contribution is -2.18. The first-order chi connectivity index (χ1) is 11.8. The number of phenols is 1. The number of pyridine rings is 2. The second kappa shape index (κ2) is 6.29. The van der Waals surface area contributed by atoms with Crippen molar-refractivity contribution in [3.8, 4) is 5.75 Å². The number of aromatic nitrogens is 2. The second-order valence-corrected chi connectivity index (χ2v) is 6.43. The van der Waals surface area contributed by atoms with Crippen molar-refractivity contribution < 1.29 is 10.1 Å². The Balaban J connectivity index is 1.83. The molecule has 3 N–H and O–H groups in total. The van der Waals surface area contributed by atoms with Gasteiger partial charge >= 0.3 is 0 Å². The van der Waals surface area contributed by atoms with Gasteiger partial charge in [-0.15, -0.1) is 11.3 Å². The predicted octanol–water partition coefficient (Wildman–Crippen LogP) is 4.02. The molecule has 0 saturated carbocycles. The third-order valence-electron chi connectivity index (χ3n) is 3.93. The van der Waals surface area contributed by atoms with E-state index < -0.39 is 0 Å². The highest BCUT2D eigenvalue weighted by Crippen LogP contribution is 2.37. The number of nitrogens with one attached hydrogen (secondary N) is 2. The van der Waals surface area contributed by atoms with Crippen LogP contribution in [-0.4, -0.2) is 10.1 Å². The Morgan fingerprint density at radius 1 is 1.04 bits per heavy atom. The van der Waals surface area contributed by atoms with E-state index in [1.807, 2.05) is 60.1 Å². The van der Waals surface area contributed by atoms with E-state index in [4.69, 9.17) is 0 Å². The van der Waals surface area contributed by atoms with Crippen molar-refractivity contribution in [3.05, 3.63) is 82.8 Å². The van der Waals surface area contributed by atoms with Gasteiger partial charge in [0.05, 0.1) is 11.1 Å². The maximum atomic E-state index is 10.8. The fourth-order valence-corrected chi connectivity index (χ4v) is 3.57. The first kappa shape index (κ1) is 14.7. The Morgan fingerprint density at radius 3 is 2.79 bits per heavy atom. The summed E-state index contributed by atoms with van der Waals surface area (Å²) in [5, 5.41) is 17.2. The maximum absolute atomic E-state index is 10.8. The van der Waals surface area contributed by atoms with Crippen LogP contribution in [0.2, 0.25) is 0 Å². The standard InChI is InChI=1S/C19H15N3OS/c23-19-14(9-8-13-5-3-11-21-17(13)19)18(15-6-4-12-24-15)22-16-7-1-2-10-20-16/h1-12,18,23H,(H,20,22)/p+1/t18-/m1/s1. The lowest BCUT2D eigenvalue weighted by Gasteiger charge is -2.16. The summed E-state index contributed by atoms with van der Waals surface area (Å²) in [4.78, 5) is 8.64. The van der Waals surface area contributed by atoms with Crippen molar-refractivity contribution in [2.45, 2.75) is 6.04 Å². The number of fused-ring (bicyclic) bond motifs is 1. The molecular weight excluding hydrogens is 318 g/mol. The van der Waals surface area contributed by atoms with Gasteiger partial charge in [-0.05, 0) is 29.6 Å². The number of thiophene rings is 1. The summed E-state index contributed by atoms with van der Waals surface area (Å²) in [7, 11) is 0. The van der Waals surface area contributed by atoms with Gasteiger partial charge in [-0.3, -0.25) is 10.3 Å². The molecule has 0 bridgehead atoms.